The fourth-order valence-corrected chi connectivity index (χ4v) is 5.17. The van der Waals surface area contributed by atoms with E-state index in [9.17, 15) is 9.59 Å². The van der Waals surface area contributed by atoms with Crippen molar-refractivity contribution in [2.45, 2.75) is 6.67 Å². The first-order chi connectivity index (χ1) is 13.5. The zero-order chi connectivity index (χ0) is 19.4. The summed E-state index contributed by atoms with van der Waals surface area (Å²) in [6.45, 7) is 0.852. The molecule has 140 valence electrons. The summed E-state index contributed by atoms with van der Waals surface area (Å²) < 4.78 is 3.87. The molecule has 0 aliphatic carbocycles. The van der Waals surface area contributed by atoms with Gasteiger partial charge in [-0.25, -0.2) is 4.99 Å². The molecule has 2 aromatic carbocycles. The van der Waals surface area contributed by atoms with Gasteiger partial charge in [-0.3, -0.25) is 14.2 Å². The summed E-state index contributed by atoms with van der Waals surface area (Å²) in [6.07, 6.45) is 0. The van der Waals surface area contributed by atoms with Crippen molar-refractivity contribution in [3.63, 3.8) is 0 Å². The molecular formula is C19H12Br2N4O2S. The molecular weight excluding hydrogens is 508 g/mol. The number of hydrogen-bond acceptors (Lipinski definition) is 5. The number of amides is 1. The lowest BCUT2D eigenvalue weighted by Crippen LogP contribution is -2.43. The van der Waals surface area contributed by atoms with Crippen LogP contribution in [0.25, 0.3) is 5.57 Å². The number of carbonyl (C=O) groups excluding carboxylic acids is 1. The molecule has 1 aromatic heterocycles. The van der Waals surface area contributed by atoms with E-state index in [1.165, 1.54) is 11.3 Å². The molecule has 0 unspecified atom stereocenters. The van der Waals surface area contributed by atoms with E-state index in [0.29, 0.717) is 33.9 Å². The number of thiazole rings is 1. The van der Waals surface area contributed by atoms with Crippen LogP contribution in [0.5, 0.6) is 0 Å². The van der Waals surface area contributed by atoms with Gasteiger partial charge < -0.3 is 10.2 Å². The molecule has 0 saturated heterocycles. The Hall–Kier alpha value is -2.23. The SMILES string of the molecule is O=C1Nc2ccc(Br)cc2/C1=c1/sc2n(c1=O)CN(c1cccc(Br)c1)CN=2. The Bertz CT molecular complexity index is 1330. The quantitative estimate of drug-likeness (QED) is 0.537. The van der Waals surface area contributed by atoms with Gasteiger partial charge in [-0.2, -0.15) is 0 Å². The summed E-state index contributed by atoms with van der Waals surface area (Å²) in [5.41, 5.74) is 2.65. The monoisotopic (exact) mass is 518 g/mol. The molecule has 0 saturated carbocycles. The number of anilines is 2. The zero-order valence-electron chi connectivity index (χ0n) is 14.3. The number of rotatable bonds is 1. The van der Waals surface area contributed by atoms with Crippen molar-refractivity contribution in [1.29, 1.82) is 0 Å². The average Bonchev–Trinajstić information content (AvgIpc) is 3.17. The lowest BCUT2D eigenvalue weighted by atomic mass is 10.1. The molecule has 2 aliphatic heterocycles. The van der Waals surface area contributed by atoms with Crippen molar-refractivity contribution in [1.82, 2.24) is 4.57 Å². The Morgan fingerprint density at radius 2 is 1.89 bits per heavy atom. The lowest BCUT2D eigenvalue weighted by molar-refractivity contribution is -0.110. The van der Waals surface area contributed by atoms with Crippen molar-refractivity contribution in [3.05, 3.63) is 76.7 Å². The zero-order valence-corrected chi connectivity index (χ0v) is 18.3. The van der Waals surface area contributed by atoms with Gasteiger partial charge in [0.25, 0.3) is 11.5 Å². The van der Waals surface area contributed by atoms with E-state index in [1.54, 1.807) is 4.57 Å². The Labute approximate surface area is 180 Å². The summed E-state index contributed by atoms with van der Waals surface area (Å²) in [4.78, 5) is 32.9. The molecule has 3 aromatic rings. The van der Waals surface area contributed by atoms with Crippen LogP contribution in [0, 0.1) is 0 Å². The number of benzene rings is 2. The van der Waals surface area contributed by atoms with E-state index in [-0.39, 0.29) is 11.5 Å². The molecule has 0 radical (unpaired) electrons. The number of halogens is 2. The molecule has 0 spiro atoms. The highest BCUT2D eigenvalue weighted by Gasteiger charge is 2.28. The van der Waals surface area contributed by atoms with Crippen molar-refractivity contribution in [2.24, 2.45) is 4.99 Å². The first-order valence-corrected chi connectivity index (χ1v) is 10.8. The molecule has 1 amide bonds. The van der Waals surface area contributed by atoms with Crippen molar-refractivity contribution >= 4 is 66.1 Å². The van der Waals surface area contributed by atoms with Gasteiger partial charge in [-0.1, -0.05) is 49.3 Å². The van der Waals surface area contributed by atoms with E-state index in [1.807, 2.05) is 47.4 Å². The van der Waals surface area contributed by atoms with Crippen LogP contribution in [-0.2, 0) is 11.5 Å². The third-order valence-corrected chi connectivity index (χ3v) is 6.78. The lowest BCUT2D eigenvalue weighted by Gasteiger charge is -2.25. The molecule has 5 rings (SSSR count). The Morgan fingerprint density at radius 3 is 2.71 bits per heavy atom. The summed E-state index contributed by atoms with van der Waals surface area (Å²) in [5, 5.41) is 2.84. The molecule has 9 heteroatoms. The smallest absolute Gasteiger partial charge is 0.272 e. The maximum atomic E-state index is 13.1. The van der Waals surface area contributed by atoms with Crippen LogP contribution in [0.1, 0.15) is 5.56 Å². The number of hydrogen-bond donors (Lipinski definition) is 1. The second-order valence-electron chi connectivity index (χ2n) is 6.43. The van der Waals surface area contributed by atoms with Crippen LogP contribution >= 0.6 is 43.2 Å². The Morgan fingerprint density at radius 1 is 1.07 bits per heavy atom. The predicted octanol–water partition coefficient (Wildman–Crippen LogP) is 2.64. The number of fused-ring (bicyclic) bond motifs is 2. The molecule has 3 heterocycles. The average molecular weight is 520 g/mol. The van der Waals surface area contributed by atoms with Gasteiger partial charge >= 0.3 is 0 Å². The van der Waals surface area contributed by atoms with Gasteiger partial charge in [-0.15, -0.1) is 0 Å². The molecule has 0 fully saturated rings. The number of nitrogens with one attached hydrogen (secondary N) is 1. The standard InChI is InChI=1S/C19H12Br2N4O2S/c20-10-2-1-3-12(6-10)24-8-22-19-25(9-24)18(27)16(28-19)15-13-7-11(21)4-5-14(13)23-17(15)26/h1-7H,8-9H2,(H,23,26)/b16-15-. The maximum Gasteiger partial charge on any atom is 0.272 e. The maximum absolute atomic E-state index is 13.1. The van der Waals surface area contributed by atoms with E-state index in [2.05, 4.69) is 42.2 Å². The fourth-order valence-electron chi connectivity index (χ4n) is 3.36. The third kappa shape index (κ3) is 2.85. The van der Waals surface area contributed by atoms with Gasteiger partial charge in [0.05, 0.1) is 5.57 Å². The van der Waals surface area contributed by atoms with Gasteiger partial charge in [-0.05, 0) is 36.4 Å². The summed E-state index contributed by atoms with van der Waals surface area (Å²) in [6, 6.07) is 13.4. The summed E-state index contributed by atoms with van der Waals surface area (Å²) >= 11 is 8.18. The van der Waals surface area contributed by atoms with Crippen molar-refractivity contribution < 1.29 is 4.79 Å². The minimum Gasteiger partial charge on any atom is -0.334 e. The summed E-state index contributed by atoms with van der Waals surface area (Å²) in [5.74, 6) is -0.256. The number of nitrogens with zero attached hydrogens (tertiary/aromatic N) is 3. The van der Waals surface area contributed by atoms with E-state index in [0.717, 1.165) is 20.2 Å². The van der Waals surface area contributed by atoms with Crippen molar-refractivity contribution in [2.75, 3.05) is 16.9 Å². The van der Waals surface area contributed by atoms with Crippen LogP contribution in [0.2, 0.25) is 0 Å². The summed E-state index contributed by atoms with van der Waals surface area (Å²) in [7, 11) is 0. The number of carbonyl (C=O) groups is 1. The highest BCUT2D eigenvalue weighted by Crippen LogP contribution is 2.32. The molecule has 2 aliphatic rings. The van der Waals surface area contributed by atoms with Gasteiger partial charge in [0.1, 0.15) is 17.9 Å². The van der Waals surface area contributed by atoms with E-state index >= 15 is 0 Å². The van der Waals surface area contributed by atoms with E-state index in [4.69, 9.17) is 0 Å². The van der Waals surface area contributed by atoms with Crippen LogP contribution in [-0.4, -0.2) is 17.1 Å². The predicted molar refractivity (Wildman–Crippen MR) is 116 cm³/mol. The molecule has 28 heavy (non-hydrogen) atoms. The molecule has 1 N–H and O–H groups in total. The topological polar surface area (TPSA) is 66.7 Å². The highest BCUT2D eigenvalue weighted by atomic mass is 79.9. The minimum absolute atomic E-state index is 0.193. The van der Waals surface area contributed by atoms with Crippen LogP contribution in [0.3, 0.4) is 0 Å². The highest BCUT2D eigenvalue weighted by molar-refractivity contribution is 9.10. The Balaban J connectivity index is 1.66. The first kappa shape index (κ1) is 17.8. The minimum atomic E-state index is -0.256. The van der Waals surface area contributed by atoms with E-state index < -0.39 is 0 Å². The molecule has 0 atom stereocenters. The van der Waals surface area contributed by atoms with Gasteiger partial charge in [0, 0.05) is 25.9 Å². The largest absolute Gasteiger partial charge is 0.334 e. The van der Waals surface area contributed by atoms with Crippen molar-refractivity contribution in [3.8, 4) is 0 Å². The normalized spacial score (nSPS) is 17.1. The second kappa shape index (κ2) is 6.68. The van der Waals surface area contributed by atoms with Crippen LogP contribution in [0.4, 0.5) is 11.4 Å². The van der Waals surface area contributed by atoms with Crippen LogP contribution in [0.15, 0.2) is 61.2 Å². The first-order valence-electron chi connectivity index (χ1n) is 8.41. The second-order valence-corrected chi connectivity index (χ2v) is 9.24. The fraction of sp³-hybridized carbons (Fsp3) is 0.105. The number of aromatic nitrogens is 1. The molecule has 6 nitrogen and oxygen atoms in total. The van der Waals surface area contributed by atoms with Gasteiger partial charge in [0.15, 0.2) is 4.80 Å². The Kier molecular flexibility index (Phi) is 4.26. The third-order valence-electron chi connectivity index (χ3n) is 4.68. The molecule has 0 bridgehead atoms. The van der Waals surface area contributed by atoms with Gasteiger partial charge in [0.2, 0.25) is 0 Å². The van der Waals surface area contributed by atoms with Crippen LogP contribution < -0.4 is 25.1 Å².